The first-order valence-corrected chi connectivity index (χ1v) is 4.32. The Morgan fingerprint density at radius 1 is 1.22 bits per heavy atom. The molecule has 0 N–H and O–H groups in total. The summed E-state index contributed by atoms with van der Waals surface area (Å²) in [7, 11) is 0. The second-order valence-corrected chi connectivity index (χ2v) is 2.76. The molecule has 0 aliphatic rings. The Hall–Kier alpha value is -0.0269. The Balaban J connectivity index is 3.01. The summed E-state index contributed by atoms with van der Waals surface area (Å²) in [5, 5.41) is 0. The molecule has 0 bridgehead atoms. The van der Waals surface area contributed by atoms with Gasteiger partial charge >= 0.3 is 70.3 Å². The maximum absolute atomic E-state index is 2.19. The van der Waals surface area contributed by atoms with Gasteiger partial charge in [-0.15, -0.1) is 0 Å². The van der Waals surface area contributed by atoms with Gasteiger partial charge in [-0.05, 0) is 0 Å². The second-order valence-electron chi connectivity index (χ2n) is 2.06. The fourth-order valence-corrected chi connectivity index (χ4v) is 1.14. The van der Waals surface area contributed by atoms with E-state index in [0.717, 1.165) is 0 Å². The Bertz CT molecular complexity index is 198. The van der Waals surface area contributed by atoms with Gasteiger partial charge in [0, 0.05) is 0 Å². The van der Waals surface area contributed by atoms with Gasteiger partial charge < -0.3 is 0 Å². The maximum atomic E-state index is 2.19. The first kappa shape index (κ1) is 7.08. The summed E-state index contributed by atoms with van der Waals surface area (Å²) in [6.07, 6.45) is 0. The molecule has 1 aromatic rings. The Morgan fingerprint density at radius 2 is 1.78 bits per heavy atom. The molecular formula is C8H8Zr. The van der Waals surface area contributed by atoms with Gasteiger partial charge in [-0.25, -0.2) is 0 Å². The van der Waals surface area contributed by atoms with Gasteiger partial charge in [0.05, 0.1) is 0 Å². The number of hydrogen-bond acceptors (Lipinski definition) is 0. The number of benzene rings is 1. The van der Waals surface area contributed by atoms with E-state index in [-0.39, 0.29) is 0 Å². The molecule has 0 unspecified atom stereocenters. The van der Waals surface area contributed by atoms with E-state index in [9.17, 15) is 0 Å². The van der Waals surface area contributed by atoms with Crippen LogP contribution in [0.2, 0.25) is 0 Å². The SMILES string of the molecule is Cc1ccc([CH]=[Zr])cc1. The Morgan fingerprint density at radius 3 is 2.22 bits per heavy atom. The van der Waals surface area contributed by atoms with Crippen LogP contribution in [0.25, 0.3) is 0 Å². The topological polar surface area (TPSA) is 0 Å². The van der Waals surface area contributed by atoms with Gasteiger partial charge in [0.25, 0.3) is 0 Å². The molecule has 1 aromatic carbocycles. The minimum atomic E-state index is 1.33. The van der Waals surface area contributed by atoms with Gasteiger partial charge in [-0.2, -0.15) is 0 Å². The Kier molecular flexibility index (Phi) is 2.53. The predicted molar refractivity (Wildman–Crippen MR) is 36.3 cm³/mol. The normalized spacial score (nSPS) is 8.89. The molecule has 0 aliphatic carbocycles. The van der Waals surface area contributed by atoms with Crippen LogP contribution >= 0.6 is 0 Å². The summed E-state index contributed by atoms with van der Waals surface area (Å²) >= 11 is 1.47. The van der Waals surface area contributed by atoms with E-state index in [1.165, 1.54) is 35.4 Å². The third-order valence-corrected chi connectivity index (χ3v) is 2.06. The summed E-state index contributed by atoms with van der Waals surface area (Å²) in [5.41, 5.74) is 2.66. The molecule has 0 saturated heterocycles. The van der Waals surface area contributed by atoms with Crippen LogP contribution in [-0.2, 0) is 24.2 Å². The quantitative estimate of drug-likeness (QED) is 0.640. The predicted octanol–water partition coefficient (Wildman–Crippen LogP) is 1.69. The van der Waals surface area contributed by atoms with Gasteiger partial charge in [0.2, 0.25) is 0 Å². The van der Waals surface area contributed by atoms with E-state index < -0.39 is 0 Å². The third kappa shape index (κ3) is 1.98. The van der Waals surface area contributed by atoms with E-state index in [4.69, 9.17) is 0 Å². The molecule has 0 aliphatic heterocycles. The van der Waals surface area contributed by atoms with E-state index in [2.05, 4.69) is 34.9 Å². The molecule has 0 heterocycles. The molecule has 9 heavy (non-hydrogen) atoms. The number of hydrogen-bond donors (Lipinski definition) is 0. The average Bonchev–Trinajstić information content (AvgIpc) is 1.90. The zero-order chi connectivity index (χ0) is 6.69. The van der Waals surface area contributed by atoms with Crippen molar-refractivity contribution in [3.63, 3.8) is 0 Å². The number of aryl methyl sites for hydroxylation is 1. The molecule has 0 radical (unpaired) electrons. The van der Waals surface area contributed by atoms with Gasteiger partial charge in [-0.3, -0.25) is 0 Å². The molecule has 0 fully saturated rings. The van der Waals surface area contributed by atoms with Crippen molar-refractivity contribution in [1.29, 1.82) is 0 Å². The molecule has 1 rings (SSSR count). The van der Waals surface area contributed by atoms with E-state index in [1.54, 1.807) is 0 Å². The van der Waals surface area contributed by atoms with Crippen LogP contribution in [0, 0.1) is 6.92 Å². The standard InChI is InChI=1S/C8H8.Zr/c1-7-3-5-8(2)6-4-7;/h1,3-6H,2H3;. The van der Waals surface area contributed by atoms with Crippen LogP contribution in [0.1, 0.15) is 11.1 Å². The van der Waals surface area contributed by atoms with Crippen LogP contribution in [-0.4, -0.2) is 3.71 Å². The summed E-state index contributed by atoms with van der Waals surface area (Å²) in [6, 6.07) is 8.56. The van der Waals surface area contributed by atoms with E-state index in [1.807, 2.05) is 0 Å². The summed E-state index contributed by atoms with van der Waals surface area (Å²) in [4.78, 5) is 0. The average molecular weight is 195 g/mol. The van der Waals surface area contributed by atoms with Gasteiger partial charge in [-0.1, -0.05) is 0 Å². The molecule has 0 nitrogen and oxygen atoms in total. The molecule has 44 valence electrons. The molecule has 0 atom stereocenters. The molecule has 1 heteroatoms. The van der Waals surface area contributed by atoms with Crippen molar-refractivity contribution in [2.45, 2.75) is 6.92 Å². The van der Waals surface area contributed by atoms with Crippen molar-refractivity contribution < 1.29 is 24.2 Å². The first-order valence-electron chi connectivity index (χ1n) is 2.90. The molecule has 0 saturated carbocycles. The molecule has 0 spiro atoms. The van der Waals surface area contributed by atoms with Crippen LogP contribution in [0.15, 0.2) is 24.3 Å². The van der Waals surface area contributed by atoms with Crippen LogP contribution in [0.4, 0.5) is 0 Å². The molecule has 0 aromatic heterocycles. The van der Waals surface area contributed by atoms with Gasteiger partial charge in [0.15, 0.2) is 0 Å². The van der Waals surface area contributed by atoms with Crippen molar-refractivity contribution in [3.05, 3.63) is 35.4 Å². The molecule has 0 amide bonds. The minimum absolute atomic E-state index is 1.33. The summed E-state index contributed by atoms with van der Waals surface area (Å²) in [5.74, 6) is 0. The Labute approximate surface area is 70.2 Å². The summed E-state index contributed by atoms with van der Waals surface area (Å²) in [6.45, 7) is 2.10. The van der Waals surface area contributed by atoms with Crippen molar-refractivity contribution in [3.8, 4) is 0 Å². The summed E-state index contributed by atoms with van der Waals surface area (Å²) < 4.78 is 2.19. The fraction of sp³-hybridized carbons (Fsp3) is 0.125. The van der Waals surface area contributed by atoms with E-state index >= 15 is 0 Å². The zero-order valence-electron chi connectivity index (χ0n) is 5.39. The van der Waals surface area contributed by atoms with Crippen molar-refractivity contribution in [1.82, 2.24) is 0 Å². The van der Waals surface area contributed by atoms with Crippen molar-refractivity contribution >= 4 is 3.71 Å². The zero-order valence-corrected chi connectivity index (χ0v) is 7.84. The molecular weight excluding hydrogens is 187 g/mol. The van der Waals surface area contributed by atoms with Crippen LogP contribution < -0.4 is 0 Å². The van der Waals surface area contributed by atoms with Crippen molar-refractivity contribution in [2.75, 3.05) is 0 Å². The monoisotopic (exact) mass is 194 g/mol. The third-order valence-electron chi connectivity index (χ3n) is 1.24. The fourth-order valence-electron chi connectivity index (χ4n) is 0.663. The van der Waals surface area contributed by atoms with E-state index in [0.29, 0.717) is 0 Å². The van der Waals surface area contributed by atoms with Crippen LogP contribution in [0.3, 0.4) is 0 Å². The van der Waals surface area contributed by atoms with Crippen LogP contribution in [0.5, 0.6) is 0 Å². The number of rotatable bonds is 1. The van der Waals surface area contributed by atoms with Gasteiger partial charge in [0.1, 0.15) is 0 Å². The second kappa shape index (κ2) is 3.22. The first-order chi connectivity index (χ1) is 4.33. The van der Waals surface area contributed by atoms with Crippen molar-refractivity contribution in [2.24, 2.45) is 0 Å².